The minimum Gasteiger partial charge on any atom is -0.367 e. The van der Waals surface area contributed by atoms with Gasteiger partial charge in [-0.2, -0.15) is 0 Å². The molecule has 9 heteroatoms. The Bertz CT molecular complexity index is 1270. The number of H-pyrrole nitrogens is 1. The Morgan fingerprint density at radius 2 is 1.94 bits per heavy atom. The SMILES string of the molecule is CC1CN(c2c[nH]c3nccc(Nc4nc(-c5ccc(F)cc5)ncc4C(C)C)c23)CCN1.Cl. The molecule has 34 heavy (non-hydrogen) atoms. The first kappa shape index (κ1) is 23.9. The van der Waals surface area contributed by atoms with Gasteiger partial charge in [0, 0.05) is 55.4 Å². The molecular weight excluding hydrogens is 453 g/mol. The zero-order valence-electron chi connectivity index (χ0n) is 19.5. The normalized spacial score (nSPS) is 16.0. The molecular formula is C25H29ClFN7. The zero-order chi connectivity index (χ0) is 22.9. The van der Waals surface area contributed by atoms with Gasteiger partial charge in [0.1, 0.15) is 17.3 Å². The van der Waals surface area contributed by atoms with Crippen molar-refractivity contribution >= 4 is 40.6 Å². The Balaban J connectivity index is 0.00000274. The molecule has 1 aliphatic heterocycles. The summed E-state index contributed by atoms with van der Waals surface area (Å²) in [5.41, 5.74) is 4.69. The quantitative estimate of drug-likeness (QED) is 0.361. The lowest BCUT2D eigenvalue weighted by Crippen LogP contribution is -2.49. The summed E-state index contributed by atoms with van der Waals surface area (Å²) in [6.07, 6.45) is 5.68. The Labute approximate surface area is 204 Å². The number of hydrogen-bond acceptors (Lipinski definition) is 6. The van der Waals surface area contributed by atoms with Gasteiger partial charge in [0.05, 0.1) is 16.8 Å². The van der Waals surface area contributed by atoms with Crippen molar-refractivity contribution in [3.05, 3.63) is 60.3 Å². The third kappa shape index (κ3) is 4.69. The topological polar surface area (TPSA) is 81.8 Å². The van der Waals surface area contributed by atoms with Crippen molar-refractivity contribution in [1.82, 2.24) is 25.3 Å². The average Bonchev–Trinajstić information content (AvgIpc) is 3.25. The first-order valence-corrected chi connectivity index (χ1v) is 11.3. The van der Waals surface area contributed by atoms with Crippen molar-refractivity contribution < 1.29 is 4.39 Å². The van der Waals surface area contributed by atoms with Crippen LogP contribution in [-0.2, 0) is 0 Å². The maximum Gasteiger partial charge on any atom is 0.161 e. The molecule has 0 saturated carbocycles. The first-order valence-electron chi connectivity index (χ1n) is 11.3. The summed E-state index contributed by atoms with van der Waals surface area (Å²) < 4.78 is 13.4. The summed E-state index contributed by atoms with van der Waals surface area (Å²) >= 11 is 0. The van der Waals surface area contributed by atoms with Crippen LogP contribution in [-0.4, -0.2) is 45.6 Å². The predicted octanol–water partition coefficient (Wildman–Crippen LogP) is 5.25. The van der Waals surface area contributed by atoms with Gasteiger partial charge in [-0.3, -0.25) is 0 Å². The fourth-order valence-corrected chi connectivity index (χ4v) is 4.32. The number of rotatable bonds is 5. The lowest BCUT2D eigenvalue weighted by atomic mass is 10.1. The van der Waals surface area contributed by atoms with Crippen LogP contribution >= 0.6 is 12.4 Å². The van der Waals surface area contributed by atoms with Crippen molar-refractivity contribution in [2.24, 2.45) is 0 Å². The number of aromatic nitrogens is 4. The van der Waals surface area contributed by atoms with Crippen LogP contribution in [0.15, 0.2) is 48.9 Å². The van der Waals surface area contributed by atoms with Crippen LogP contribution in [0.25, 0.3) is 22.4 Å². The lowest BCUT2D eigenvalue weighted by molar-refractivity contribution is 0.485. The van der Waals surface area contributed by atoms with E-state index < -0.39 is 0 Å². The van der Waals surface area contributed by atoms with Crippen LogP contribution in [0.4, 0.5) is 21.6 Å². The summed E-state index contributed by atoms with van der Waals surface area (Å²) in [6.45, 7) is 9.25. The minimum absolute atomic E-state index is 0. The highest BCUT2D eigenvalue weighted by Crippen LogP contribution is 2.35. The van der Waals surface area contributed by atoms with Gasteiger partial charge in [-0.1, -0.05) is 13.8 Å². The van der Waals surface area contributed by atoms with Crippen LogP contribution in [0.1, 0.15) is 32.3 Å². The molecule has 1 unspecified atom stereocenters. The summed E-state index contributed by atoms with van der Waals surface area (Å²) in [6, 6.07) is 8.65. The molecule has 3 aromatic heterocycles. The van der Waals surface area contributed by atoms with Gasteiger partial charge < -0.3 is 20.5 Å². The van der Waals surface area contributed by atoms with Gasteiger partial charge in [0.15, 0.2) is 5.82 Å². The molecule has 1 saturated heterocycles. The van der Waals surface area contributed by atoms with Crippen LogP contribution in [0.2, 0.25) is 0 Å². The van der Waals surface area contributed by atoms with Crippen LogP contribution in [0.5, 0.6) is 0 Å². The fourth-order valence-electron chi connectivity index (χ4n) is 4.32. The van der Waals surface area contributed by atoms with Gasteiger partial charge in [-0.25, -0.2) is 19.3 Å². The van der Waals surface area contributed by atoms with E-state index in [-0.39, 0.29) is 24.1 Å². The molecule has 1 fully saturated rings. The molecule has 0 amide bonds. The molecule has 0 spiro atoms. The van der Waals surface area contributed by atoms with E-state index in [4.69, 9.17) is 4.98 Å². The Kier molecular flexibility index (Phi) is 7.00. The summed E-state index contributed by atoms with van der Waals surface area (Å²) in [5, 5.41) is 8.11. The van der Waals surface area contributed by atoms with Gasteiger partial charge in [0.25, 0.3) is 0 Å². The van der Waals surface area contributed by atoms with Crippen molar-refractivity contribution in [1.29, 1.82) is 0 Å². The zero-order valence-corrected chi connectivity index (χ0v) is 20.3. The van der Waals surface area contributed by atoms with E-state index in [1.165, 1.54) is 12.1 Å². The molecule has 5 rings (SSSR count). The van der Waals surface area contributed by atoms with E-state index in [0.29, 0.717) is 11.9 Å². The van der Waals surface area contributed by atoms with Crippen molar-refractivity contribution in [2.75, 3.05) is 29.9 Å². The maximum atomic E-state index is 13.4. The fraction of sp³-hybridized carbons (Fsp3) is 0.320. The molecule has 0 radical (unpaired) electrons. The largest absolute Gasteiger partial charge is 0.367 e. The highest BCUT2D eigenvalue weighted by Gasteiger charge is 2.21. The molecule has 3 N–H and O–H groups in total. The van der Waals surface area contributed by atoms with E-state index in [2.05, 4.69) is 51.3 Å². The number of nitrogens with one attached hydrogen (secondary N) is 3. The summed E-state index contributed by atoms with van der Waals surface area (Å²) in [5.74, 6) is 1.24. The van der Waals surface area contributed by atoms with Crippen molar-refractivity contribution in [3.63, 3.8) is 0 Å². The Hall–Kier alpha value is -3.23. The monoisotopic (exact) mass is 481 g/mol. The number of nitrogens with zero attached hydrogens (tertiary/aromatic N) is 4. The minimum atomic E-state index is -0.280. The summed E-state index contributed by atoms with van der Waals surface area (Å²) in [4.78, 5) is 19.6. The van der Waals surface area contributed by atoms with E-state index in [1.54, 1.807) is 18.3 Å². The standard InChI is InChI=1S/C25H28FN7.ClH/c1-15(2)19-12-29-23(17-4-6-18(26)7-5-17)32-24(19)31-20-8-9-28-25-22(20)21(13-30-25)33-11-10-27-16(3)14-33;/h4-9,12-13,15-16,27H,10-11,14H2,1-3H3,(H2,28,29,30,31,32);1H. The molecule has 0 aliphatic carbocycles. The predicted molar refractivity (Wildman–Crippen MR) is 138 cm³/mol. The number of anilines is 3. The molecule has 1 aromatic carbocycles. The van der Waals surface area contributed by atoms with E-state index in [9.17, 15) is 4.39 Å². The van der Waals surface area contributed by atoms with Crippen LogP contribution in [0.3, 0.4) is 0 Å². The maximum absolute atomic E-state index is 13.4. The lowest BCUT2D eigenvalue weighted by Gasteiger charge is -2.33. The second-order valence-electron chi connectivity index (χ2n) is 8.84. The van der Waals surface area contributed by atoms with E-state index in [0.717, 1.165) is 59.0 Å². The number of aromatic amines is 1. The van der Waals surface area contributed by atoms with Crippen molar-refractivity contribution in [2.45, 2.75) is 32.7 Å². The molecule has 1 aliphatic rings. The molecule has 0 bridgehead atoms. The third-order valence-electron chi connectivity index (χ3n) is 6.06. The van der Waals surface area contributed by atoms with Gasteiger partial charge in [-0.15, -0.1) is 12.4 Å². The Morgan fingerprint density at radius 3 is 2.68 bits per heavy atom. The van der Waals surface area contributed by atoms with E-state index >= 15 is 0 Å². The highest BCUT2D eigenvalue weighted by molar-refractivity contribution is 6.01. The van der Waals surface area contributed by atoms with Gasteiger partial charge in [0.2, 0.25) is 0 Å². The molecule has 4 aromatic rings. The Morgan fingerprint density at radius 1 is 1.15 bits per heavy atom. The highest BCUT2D eigenvalue weighted by atomic mass is 35.5. The number of benzene rings is 1. The number of hydrogen-bond donors (Lipinski definition) is 3. The number of pyridine rings is 1. The molecule has 178 valence electrons. The number of halogens is 2. The molecule has 4 heterocycles. The van der Waals surface area contributed by atoms with Gasteiger partial charge >= 0.3 is 0 Å². The van der Waals surface area contributed by atoms with Gasteiger partial charge in [-0.05, 0) is 43.2 Å². The first-order chi connectivity index (χ1) is 16.0. The average molecular weight is 482 g/mol. The molecule has 1 atom stereocenters. The second-order valence-corrected chi connectivity index (χ2v) is 8.84. The number of piperazine rings is 1. The van der Waals surface area contributed by atoms with Crippen molar-refractivity contribution in [3.8, 4) is 11.4 Å². The summed E-state index contributed by atoms with van der Waals surface area (Å²) in [7, 11) is 0. The second kappa shape index (κ2) is 9.95. The smallest absolute Gasteiger partial charge is 0.161 e. The van der Waals surface area contributed by atoms with Crippen LogP contribution < -0.4 is 15.5 Å². The number of fused-ring (bicyclic) bond motifs is 1. The molecule has 7 nitrogen and oxygen atoms in total. The van der Waals surface area contributed by atoms with Crippen LogP contribution in [0, 0.1) is 5.82 Å². The third-order valence-corrected chi connectivity index (χ3v) is 6.06. The van der Waals surface area contributed by atoms with E-state index in [1.807, 2.05) is 18.5 Å².